The first kappa shape index (κ1) is 21.7. The maximum atomic E-state index is 13.2. The second kappa shape index (κ2) is 8.90. The molecule has 1 aliphatic carbocycles. The van der Waals surface area contributed by atoms with Crippen molar-refractivity contribution < 1.29 is 28.3 Å². The molecule has 32 heavy (non-hydrogen) atoms. The number of hydrogen-bond donors (Lipinski definition) is 0. The second-order valence-corrected chi connectivity index (χ2v) is 8.06. The van der Waals surface area contributed by atoms with Crippen molar-refractivity contribution in [3.8, 4) is 0 Å². The molecule has 0 atom stereocenters. The highest BCUT2D eigenvalue weighted by Crippen LogP contribution is 2.29. The van der Waals surface area contributed by atoms with Gasteiger partial charge in [-0.1, -0.05) is 19.3 Å². The number of ether oxygens (including phenoxy) is 1. The van der Waals surface area contributed by atoms with E-state index in [-0.39, 0.29) is 34.3 Å². The van der Waals surface area contributed by atoms with Crippen molar-refractivity contribution in [3.05, 3.63) is 65.0 Å². The van der Waals surface area contributed by atoms with Gasteiger partial charge in [-0.2, -0.15) is 0 Å². The molecule has 2 aliphatic rings. The molecule has 0 aromatic heterocycles. The minimum Gasteiger partial charge on any atom is -0.452 e. The van der Waals surface area contributed by atoms with Crippen LogP contribution < -0.4 is 4.90 Å². The summed E-state index contributed by atoms with van der Waals surface area (Å²) in [6, 6.07) is 9.20. The van der Waals surface area contributed by atoms with Crippen LogP contribution in [0.3, 0.4) is 0 Å². The van der Waals surface area contributed by atoms with Crippen LogP contribution in [0.5, 0.6) is 0 Å². The van der Waals surface area contributed by atoms with Crippen molar-refractivity contribution in [2.45, 2.75) is 38.1 Å². The zero-order valence-electron chi connectivity index (χ0n) is 17.7. The quantitative estimate of drug-likeness (QED) is 0.526. The summed E-state index contributed by atoms with van der Waals surface area (Å²) in [7, 11) is 1.72. The van der Waals surface area contributed by atoms with Crippen LogP contribution in [0.25, 0.3) is 0 Å². The fourth-order valence-electron chi connectivity index (χ4n) is 4.18. The van der Waals surface area contributed by atoms with Crippen molar-refractivity contribution in [3.63, 3.8) is 0 Å². The van der Waals surface area contributed by atoms with E-state index in [9.17, 15) is 23.6 Å². The Kier molecular flexibility index (Phi) is 6.03. The van der Waals surface area contributed by atoms with E-state index in [0.29, 0.717) is 0 Å². The number of likely N-dealkylation sites (N-methyl/N-ethyl adjacent to an activating group) is 1. The van der Waals surface area contributed by atoms with Gasteiger partial charge in [0.1, 0.15) is 5.82 Å². The van der Waals surface area contributed by atoms with Crippen molar-refractivity contribution >= 4 is 29.4 Å². The highest BCUT2D eigenvalue weighted by Gasteiger charge is 2.37. The lowest BCUT2D eigenvalue weighted by molar-refractivity contribution is -0.135. The molecule has 1 aliphatic heterocycles. The van der Waals surface area contributed by atoms with Gasteiger partial charge in [0.15, 0.2) is 6.61 Å². The first-order chi connectivity index (χ1) is 15.4. The number of nitrogens with zero attached hydrogens (tertiary/aromatic N) is 2. The van der Waals surface area contributed by atoms with Crippen molar-refractivity contribution in [1.29, 1.82) is 0 Å². The van der Waals surface area contributed by atoms with E-state index in [1.54, 1.807) is 11.9 Å². The summed E-state index contributed by atoms with van der Waals surface area (Å²) in [4.78, 5) is 52.9. The Bertz CT molecular complexity index is 1080. The zero-order valence-corrected chi connectivity index (χ0v) is 17.7. The molecule has 2 aromatic carbocycles. The summed E-state index contributed by atoms with van der Waals surface area (Å²) >= 11 is 0. The van der Waals surface area contributed by atoms with Gasteiger partial charge in [0.2, 0.25) is 0 Å². The third kappa shape index (κ3) is 4.12. The number of rotatable bonds is 5. The summed E-state index contributed by atoms with van der Waals surface area (Å²) in [6.07, 6.45) is 5.23. The molecular weight excluding hydrogens is 415 g/mol. The van der Waals surface area contributed by atoms with Crippen LogP contribution in [0.15, 0.2) is 42.5 Å². The standard InChI is InChI=1S/C24H23FN2O5/c1-26(17-5-3-2-4-6-17)21(28)14-32-24(31)15-7-12-19-20(13-15)23(30)27(22(19)29)18-10-8-16(25)9-11-18/h7-13,17H,2-6,14H2,1H3. The zero-order chi connectivity index (χ0) is 22.8. The number of anilines is 1. The van der Waals surface area contributed by atoms with E-state index in [2.05, 4.69) is 0 Å². The van der Waals surface area contributed by atoms with Crippen molar-refractivity contribution in [2.24, 2.45) is 0 Å². The van der Waals surface area contributed by atoms with Gasteiger partial charge in [-0.15, -0.1) is 0 Å². The van der Waals surface area contributed by atoms with Crippen LogP contribution in [-0.2, 0) is 9.53 Å². The van der Waals surface area contributed by atoms with Crippen LogP contribution in [0, 0.1) is 5.82 Å². The smallest absolute Gasteiger partial charge is 0.338 e. The SMILES string of the molecule is CN(C(=O)COC(=O)c1ccc2c(c1)C(=O)N(c1ccc(F)cc1)C2=O)C1CCCCC1. The van der Waals surface area contributed by atoms with Crippen LogP contribution in [0.1, 0.15) is 63.2 Å². The van der Waals surface area contributed by atoms with Gasteiger partial charge < -0.3 is 9.64 Å². The minimum absolute atomic E-state index is 0.0550. The number of fused-ring (bicyclic) bond motifs is 1. The summed E-state index contributed by atoms with van der Waals surface area (Å²) in [6.45, 7) is -0.391. The summed E-state index contributed by atoms with van der Waals surface area (Å²) in [5.41, 5.74) is 0.500. The van der Waals surface area contributed by atoms with Crippen molar-refractivity contribution in [2.75, 3.05) is 18.6 Å². The molecule has 4 rings (SSSR count). The fraction of sp³-hybridized carbons (Fsp3) is 0.333. The van der Waals surface area contributed by atoms with Gasteiger partial charge >= 0.3 is 5.97 Å². The summed E-state index contributed by atoms with van der Waals surface area (Å²) in [5, 5.41) is 0. The van der Waals surface area contributed by atoms with E-state index in [0.717, 1.165) is 42.7 Å². The molecule has 0 bridgehead atoms. The Morgan fingerprint density at radius 1 is 1.00 bits per heavy atom. The predicted octanol–water partition coefficient (Wildman–Crippen LogP) is 3.57. The number of esters is 1. The number of hydrogen-bond acceptors (Lipinski definition) is 5. The number of carbonyl (C=O) groups excluding carboxylic acids is 4. The van der Waals surface area contributed by atoms with E-state index >= 15 is 0 Å². The van der Waals surface area contributed by atoms with Crippen LogP contribution in [-0.4, -0.2) is 48.3 Å². The third-order valence-corrected chi connectivity index (χ3v) is 6.05. The van der Waals surface area contributed by atoms with Gasteiger partial charge in [0.25, 0.3) is 17.7 Å². The molecule has 8 heteroatoms. The molecule has 2 aromatic rings. The van der Waals surface area contributed by atoms with E-state index < -0.39 is 30.2 Å². The Morgan fingerprint density at radius 2 is 1.66 bits per heavy atom. The molecular formula is C24H23FN2O5. The van der Waals surface area contributed by atoms with Gasteiger partial charge in [0.05, 0.1) is 22.4 Å². The molecule has 166 valence electrons. The molecule has 0 spiro atoms. The Morgan fingerprint density at radius 3 is 2.34 bits per heavy atom. The van der Waals surface area contributed by atoms with Crippen LogP contribution >= 0.6 is 0 Å². The van der Waals surface area contributed by atoms with E-state index in [1.165, 1.54) is 36.8 Å². The molecule has 0 N–H and O–H groups in total. The summed E-state index contributed by atoms with van der Waals surface area (Å²) in [5.74, 6) is -2.68. The highest BCUT2D eigenvalue weighted by atomic mass is 19.1. The molecule has 0 saturated heterocycles. The second-order valence-electron chi connectivity index (χ2n) is 8.06. The number of halogens is 1. The first-order valence-corrected chi connectivity index (χ1v) is 10.6. The first-order valence-electron chi connectivity index (χ1n) is 10.6. The van der Waals surface area contributed by atoms with Crippen molar-refractivity contribution in [1.82, 2.24) is 4.90 Å². The molecule has 0 radical (unpaired) electrons. The normalized spacial score (nSPS) is 16.1. The maximum absolute atomic E-state index is 13.2. The molecule has 7 nitrogen and oxygen atoms in total. The lowest BCUT2D eigenvalue weighted by Gasteiger charge is -2.31. The molecule has 3 amide bonds. The average molecular weight is 438 g/mol. The number of imide groups is 1. The number of amides is 3. The van der Waals surface area contributed by atoms with Gasteiger partial charge in [-0.05, 0) is 55.3 Å². The third-order valence-electron chi connectivity index (χ3n) is 6.05. The monoisotopic (exact) mass is 438 g/mol. The topological polar surface area (TPSA) is 84.0 Å². The van der Waals surface area contributed by atoms with Crippen LogP contribution in [0.2, 0.25) is 0 Å². The van der Waals surface area contributed by atoms with Gasteiger partial charge in [0, 0.05) is 13.1 Å². The number of carbonyl (C=O) groups is 4. The Balaban J connectivity index is 1.44. The van der Waals surface area contributed by atoms with Gasteiger partial charge in [-0.3, -0.25) is 14.4 Å². The van der Waals surface area contributed by atoms with E-state index in [1.807, 2.05) is 0 Å². The highest BCUT2D eigenvalue weighted by molar-refractivity contribution is 6.34. The fourth-order valence-corrected chi connectivity index (χ4v) is 4.18. The lowest BCUT2D eigenvalue weighted by atomic mass is 9.94. The van der Waals surface area contributed by atoms with E-state index in [4.69, 9.17) is 4.74 Å². The Labute approximate surface area is 184 Å². The largest absolute Gasteiger partial charge is 0.452 e. The Hall–Kier alpha value is -3.55. The number of benzene rings is 2. The van der Waals surface area contributed by atoms with Gasteiger partial charge in [-0.25, -0.2) is 14.1 Å². The molecule has 1 fully saturated rings. The van der Waals surface area contributed by atoms with Crippen LogP contribution in [0.4, 0.5) is 10.1 Å². The molecule has 1 heterocycles. The molecule has 1 saturated carbocycles. The minimum atomic E-state index is -0.751. The lowest BCUT2D eigenvalue weighted by Crippen LogP contribution is -2.40. The maximum Gasteiger partial charge on any atom is 0.338 e. The average Bonchev–Trinajstić information content (AvgIpc) is 3.07. The molecule has 0 unspecified atom stereocenters. The predicted molar refractivity (Wildman–Crippen MR) is 114 cm³/mol. The summed E-state index contributed by atoms with van der Waals surface area (Å²) < 4.78 is 18.4.